The molecule has 0 amide bonds. The molecular weight excluding hydrogens is 457 g/mol. The Labute approximate surface area is 209 Å². The van der Waals surface area contributed by atoms with E-state index >= 15 is 0 Å². The summed E-state index contributed by atoms with van der Waals surface area (Å²) in [5.41, 5.74) is 2.65. The first kappa shape index (κ1) is 22.7. The summed E-state index contributed by atoms with van der Waals surface area (Å²) in [7, 11) is 0. The van der Waals surface area contributed by atoms with E-state index in [2.05, 4.69) is 4.90 Å². The molecule has 184 valence electrons. The van der Waals surface area contributed by atoms with Crippen molar-refractivity contribution >= 4 is 16.8 Å². The van der Waals surface area contributed by atoms with Gasteiger partial charge in [0.05, 0.1) is 11.0 Å². The van der Waals surface area contributed by atoms with Crippen LogP contribution in [0.25, 0.3) is 11.0 Å². The number of carbonyl (C=O) groups is 1. The molecule has 6 nitrogen and oxygen atoms in total. The van der Waals surface area contributed by atoms with Crippen LogP contribution in [0.5, 0.6) is 11.5 Å². The third-order valence-electron chi connectivity index (χ3n) is 7.12. The minimum absolute atomic E-state index is 0.0212. The number of imidazole rings is 1. The van der Waals surface area contributed by atoms with Crippen molar-refractivity contribution in [3.8, 4) is 11.5 Å². The molecule has 0 N–H and O–H groups in total. The summed E-state index contributed by atoms with van der Waals surface area (Å²) >= 11 is 0. The van der Waals surface area contributed by atoms with E-state index in [0.717, 1.165) is 60.6 Å². The first-order valence-corrected chi connectivity index (χ1v) is 12.5. The smallest absolute Gasteiger partial charge is 0.201 e. The number of ketones is 1. The van der Waals surface area contributed by atoms with E-state index in [1.165, 1.54) is 12.1 Å². The molecule has 6 rings (SSSR count). The highest BCUT2D eigenvalue weighted by atomic mass is 19.1. The number of para-hydroxylation sites is 4. The summed E-state index contributed by atoms with van der Waals surface area (Å²) in [5, 5.41) is 0. The number of Topliss-reactive ketones (excluding diaryl/α,β-unsaturated/α-hetero) is 1. The van der Waals surface area contributed by atoms with Crippen LogP contribution < -0.4 is 9.47 Å². The van der Waals surface area contributed by atoms with Gasteiger partial charge in [0.1, 0.15) is 18.5 Å². The maximum Gasteiger partial charge on any atom is 0.201 e. The van der Waals surface area contributed by atoms with Crippen LogP contribution in [0.1, 0.15) is 29.0 Å². The lowest BCUT2D eigenvalue weighted by Gasteiger charge is -2.35. The van der Waals surface area contributed by atoms with E-state index in [4.69, 9.17) is 14.5 Å². The average molecular weight is 486 g/mol. The number of rotatable bonds is 6. The zero-order chi connectivity index (χ0) is 24.5. The Morgan fingerprint density at radius 3 is 2.47 bits per heavy atom. The molecule has 0 saturated carbocycles. The first-order valence-electron chi connectivity index (χ1n) is 12.5. The van der Waals surface area contributed by atoms with Gasteiger partial charge >= 0.3 is 0 Å². The Morgan fingerprint density at radius 1 is 0.944 bits per heavy atom. The predicted molar refractivity (Wildman–Crippen MR) is 135 cm³/mol. The van der Waals surface area contributed by atoms with Gasteiger partial charge in [-0.05, 0) is 67.9 Å². The molecule has 3 heterocycles. The zero-order valence-electron chi connectivity index (χ0n) is 20.0. The van der Waals surface area contributed by atoms with E-state index in [-0.39, 0.29) is 23.6 Å². The largest absolute Gasteiger partial charge is 0.486 e. The molecule has 0 radical (unpaired) electrons. The minimum Gasteiger partial charge on any atom is -0.486 e. The summed E-state index contributed by atoms with van der Waals surface area (Å²) in [6.45, 7) is 3.44. The molecule has 0 bridgehead atoms. The molecule has 36 heavy (non-hydrogen) atoms. The van der Waals surface area contributed by atoms with Crippen molar-refractivity contribution in [1.82, 2.24) is 14.5 Å². The lowest BCUT2D eigenvalue weighted by Crippen LogP contribution is -2.45. The fourth-order valence-corrected chi connectivity index (χ4v) is 5.20. The third-order valence-corrected chi connectivity index (χ3v) is 7.12. The minimum atomic E-state index is -0.272. The number of aromatic nitrogens is 2. The number of ether oxygens (including phenoxy) is 2. The fraction of sp³-hybridized carbons (Fsp3) is 0.310. The van der Waals surface area contributed by atoms with Gasteiger partial charge in [0.25, 0.3) is 0 Å². The van der Waals surface area contributed by atoms with Crippen LogP contribution in [0.15, 0.2) is 72.8 Å². The Morgan fingerprint density at radius 2 is 1.67 bits per heavy atom. The van der Waals surface area contributed by atoms with Crippen LogP contribution >= 0.6 is 0 Å². The van der Waals surface area contributed by atoms with Crippen molar-refractivity contribution in [2.45, 2.75) is 25.5 Å². The van der Waals surface area contributed by atoms with Gasteiger partial charge in [-0.3, -0.25) is 9.69 Å². The number of halogens is 1. The second-order valence-electron chi connectivity index (χ2n) is 9.57. The highest BCUT2D eigenvalue weighted by Gasteiger charge is 2.31. The molecule has 7 heteroatoms. The van der Waals surface area contributed by atoms with Gasteiger partial charge < -0.3 is 14.0 Å². The van der Waals surface area contributed by atoms with Crippen LogP contribution in [-0.2, 0) is 6.54 Å². The SMILES string of the molecule is O=C(c1nc2ccccc2n1Cc1ccc(F)cc1)C1CCN(CC2COc3ccccc3O2)CC1. The topological polar surface area (TPSA) is 56.6 Å². The van der Waals surface area contributed by atoms with Gasteiger partial charge in [-0.25, -0.2) is 9.37 Å². The monoisotopic (exact) mass is 485 g/mol. The molecule has 2 aliphatic heterocycles. The molecule has 3 aromatic carbocycles. The summed E-state index contributed by atoms with van der Waals surface area (Å²) in [5.74, 6) is 1.81. The van der Waals surface area contributed by atoms with Crippen molar-refractivity contribution < 1.29 is 18.7 Å². The lowest BCUT2D eigenvalue weighted by molar-refractivity contribution is 0.0460. The van der Waals surface area contributed by atoms with E-state index < -0.39 is 0 Å². The molecule has 0 aliphatic carbocycles. The van der Waals surface area contributed by atoms with Crippen molar-refractivity contribution in [3.63, 3.8) is 0 Å². The Hall–Kier alpha value is -3.71. The Bertz CT molecular complexity index is 1380. The van der Waals surface area contributed by atoms with Gasteiger partial charge in [-0.15, -0.1) is 0 Å². The number of hydrogen-bond acceptors (Lipinski definition) is 5. The van der Waals surface area contributed by atoms with Crippen LogP contribution in [-0.4, -0.2) is 52.6 Å². The molecule has 2 aliphatic rings. The maximum atomic E-state index is 13.7. The molecular formula is C29H28FN3O3. The van der Waals surface area contributed by atoms with Gasteiger partial charge in [0.2, 0.25) is 5.78 Å². The van der Waals surface area contributed by atoms with Crippen LogP contribution in [0.2, 0.25) is 0 Å². The number of nitrogens with zero attached hydrogens (tertiary/aromatic N) is 3. The van der Waals surface area contributed by atoms with E-state index in [1.807, 2.05) is 53.1 Å². The molecule has 4 aromatic rings. The quantitative estimate of drug-likeness (QED) is 0.362. The predicted octanol–water partition coefficient (Wildman–Crippen LogP) is 4.96. The molecule has 1 saturated heterocycles. The number of hydrogen-bond donors (Lipinski definition) is 0. The number of likely N-dealkylation sites (tertiary alicyclic amines) is 1. The number of benzene rings is 3. The second-order valence-corrected chi connectivity index (χ2v) is 9.57. The molecule has 0 spiro atoms. The first-order chi connectivity index (χ1) is 17.6. The summed E-state index contributed by atoms with van der Waals surface area (Å²) < 4.78 is 27.4. The maximum absolute atomic E-state index is 13.7. The van der Waals surface area contributed by atoms with Crippen molar-refractivity contribution in [1.29, 1.82) is 0 Å². The Balaban J connectivity index is 1.14. The highest BCUT2D eigenvalue weighted by Crippen LogP contribution is 2.32. The van der Waals surface area contributed by atoms with E-state index in [1.54, 1.807) is 12.1 Å². The second kappa shape index (κ2) is 9.74. The van der Waals surface area contributed by atoms with Gasteiger partial charge in [-0.1, -0.05) is 36.4 Å². The van der Waals surface area contributed by atoms with Gasteiger partial charge in [0.15, 0.2) is 17.3 Å². The zero-order valence-corrected chi connectivity index (χ0v) is 20.0. The van der Waals surface area contributed by atoms with Gasteiger partial charge in [0, 0.05) is 19.0 Å². The highest BCUT2D eigenvalue weighted by molar-refractivity contribution is 5.98. The van der Waals surface area contributed by atoms with Crippen molar-refractivity contribution in [3.05, 3.63) is 90.0 Å². The van der Waals surface area contributed by atoms with E-state index in [0.29, 0.717) is 19.0 Å². The summed E-state index contributed by atoms with van der Waals surface area (Å²) in [4.78, 5) is 20.7. The third kappa shape index (κ3) is 4.58. The van der Waals surface area contributed by atoms with Crippen LogP contribution in [0, 0.1) is 11.7 Å². The van der Waals surface area contributed by atoms with Crippen LogP contribution in [0.4, 0.5) is 4.39 Å². The van der Waals surface area contributed by atoms with E-state index in [9.17, 15) is 9.18 Å². The molecule has 1 fully saturated rings. The Kier molecular flexibility index (Phi) is 6.15. The normalized spacial score (nSPS) is 18.4. The standard InChI is InChI=1S/C29H28FN3O3/c30-22-11-9-20(10-12-22)17-33-25-6-2-1-5-24(25)31-29(33)28(34)21-13-15-32(16-14-21)18-23-19-35-26-7-3-4-8-27(26)36-23/h1-12,21,23H,13-19H2. The number of piperidine rings is 1. The summed E-state index contributed by atoms with van der Waals surface area (Å²) in [6, 6.07) is 22.0. The molecule has 1 unspecified atom stereocenters. The lowest BCUT2D eigenvalue weighted by atomic mass is 9.92. The average Bonchev–Trinajstić information content (AvgIpc) is 3.28. The summed E-state index contributed by atoms with van der Waals surface area (Å²) in [6.07, 6.45) is 1.54. The van der Waals surface area contributed by atoms with Crippen LogP contribution in [0.3, 0.4) is 0 Å². The van der Waals surface area contributed by atoms with Gasteiger partial charge in [-0.2, -0.15) is 0 Å². The molecule has 1 atom stereocenters. The molecule has 1 aromatic heterocycles. The van der Waals surface area contributed by atoms with Crippen molar-refractivity contribution in [2.75, 3.05) is 26.2 Å². The number of carbonyl (C=O) groups excluding carboxylic acids is 1. The fourth-order valence-electron chi connectivity index (χ4n) is 5.20. The number of fused-ring (bicyclic) bond motifs is 2. The van der Waals surface area contributed by atoms with Crippen molar-refractivity contribution in [2.24, 2.45) is 5.92 Å².